The Kier molecular flexibility index (Phi) is 1.09. The maximum absolute atomic E-state index is 5.33. The zero-order valence-electron chi connectivity index (χ0n) is 5.74. The van der Waals surface area contributed by atoms with Crippen molar-refractivity contribution in [3.05, 3.63) is 12.3 Å². The SMILES string of the molecule is CC1=NC2=NC=CCC2O1. The van der Waals surface area contributed by atoms with Crippen LogP contribution in [-0.4, -0.2) is 17.8 Å². The molecular formula is C7H8N2O. The minimum absolute atomic E-state index is 0.102. The van der Waals surface area contributed by atoms with Crippen LogP contribution in [0.3, 0.4) is 0 Å². The molecule has 0 saturated carbocycles. The molecule has 3 nitrogen and oxygen atoms in total. The molecule has 1 atom stereocenters. The minimum atomic E-state index is 0.102. The third-order valence-corrected chi connectivity index (χ3v) is 1.54. The van der Waals surface area contributed by atoms with Crippen LogP contribution in [0.25, 0.3) is 0 Å². The first-order chi connectivity index (χ1) is 4.86. The molecule has 0 bridgehead atoms. The number of fused-ring (bicyclic) bond motifs is 1. The fourth-order valence-electron chi connectivity index (χ4n) is 1.10. The topological polar surface area (TPSA) is 34.0 Å². The van der Waals surface area contributed by atoms with Gasteiger partial charge in [0.15, 0.2) is 17.8 Å². The summed E-state index contributed by atoms with van der Waals surface area (Å²) in [5, 5.41) is 0. The third kappa shape index (κ3) is 0.744. The van der Waals surface area contributed by atoms with Crippen molar-refractivity contribution in [3.8, 4) is 0 Å². The minimum Gasteiger partial charge on any atom is -0.469 e. The largest absolute Gasteiger partial charge is 0.469 e. The van der Waals surface area contributed by atoms with Gasteiger partial charge >= 0.3 is 0 Å². The van der Waals surface area contributed by atoms with Crippen molar-refractivity contribution in [3.63, 3.8) is 0 Å². The molecule has 0 amide bonds. The lowest BCUT2D eigenvalue weighted by Gasteiger charge is -2.09. The summed E-state index contributed by atoms with van der Waals surface area (Å²) in [5.74, 6) is 1.55. The van der Waals surface area contributed by atoms with Gasteiger partial charge in [0.1, 0.15) is 0 Å². The Labute approximate surface area is 59.1 Å². The first-order valence-corrected chi connectivity index (χ1v) is 3.31. The zero-order chi connectivity index (χ0) is 6.97. The summed E-state index contributed by atoms with van der Waals surface area (Å²) in [6.07, 6.45) is 4.77. The van der Waals surface area contributed by atoms with Gasteiger partial charge in [0.2, 0.25) is 0 Å². The summed E-state index contributed by atoms with van der Waals surface area (Å²) in [5.41, 5.74) is 0. The molecule has 2 aliphatic heterocycles. The summed E-state index contributed by atoms with van der Waals surface area (Å²) in [6.45, 7) is 1.85. The Morgan fingerprint density at radius 2 is 2.60 bits per heavy atom. The summed E-state index contributed by atoms with van der Waals surface area (Å²) in [4.78, 5) is 8.17. The summed E-state index contributed by atoms with van der Waals surface area (Å²) in [6, 6.07) is 0. The van der Waals surface area contributed by atoms with Gasteiger partial charge in [0.25, 0.3) is 0 Å². The standard InChI is InChI=1S/C7H8N2O/c1-5-9-7-6(10-5)3-2-4-8-7/h2,4,6H,3H2,1H3. The predicted molar refractivity (Wildman–Crippen MR) is 39.2 cm³/mol. The van der Waals surface area contributed by atoms with Crippen molar-refractivity contribution in [1.82, 2.24) is 0 Å². The Bertz CT molecular complexity index is 240. The molecule has 0 aromatic heterocycles. The second-order valence-electron chi connectivity index (χ2n) is 2.35. The molecule has 0 aliphatic carbocycles. The molecule has 0 aromatic carbocycles. The Hall–Kier alpha value is -1.12. The first-order valence-electron chi connectivity index (χ1n) is 3.31. The molecule has 2 aliphatic rings. The van der Waals surface area contributed by atoms with E-state index in [4.69, 9.17) is 4.74 Å². The predicted octanol–water partition coefficient (Wildman–Crippen LogP) is 1.12. The van der Waals surface area contributed by atoms with Crippen molar-refractivity contribution < 1.29 is 4.74 Å². The maximum Gasteiger partial charge on any atom is 0.187 e. The highest BCUT2D eigenvalue weighted by molar-refractivity contribution is 6.02. The lowest BCUT2D eigenvalue weighted by Crippen LogP contribution is -2.17. The number of aliphatic imine (C=N–C) groups is 2. The molecule has 2 heterocycles. The average molecular weight is 136 g/mol. The molecule has 52 valence electrons. The van der Waals surface area contributed by atoms with Crippen LogP contribution in [0.5, 0.6) is 0 Å². The van der Waals surface area contributed by atoms with Gasteiger partial charge in [-0.15, -0.1) is 0 Å². The quantitative estimate of drug-likeness (QED) is 0.491. The fraction of sp³-hybridized carbons (Fsp3) is 0.429. The van der Waals surface area contributed by atoms with Crippen LogP contribution in [0.1, 0.15) is 13.3 Å². The van der Waals surface area contributed by atoms with Gasteiger partial charge < -0.3 is 4.74 Å². The third-order valence-electron chi connectivity index (χ3n) is 1.54. The van der Waals surface area contributed by atoms with E-state index in [2.05, 4.69) is 9.98 Å². The average Bonchev–Trinajstić information content (AvgIpc) is 2.27. The monoisotopic (exact) mass is 136 g/mol. The van der Waals surface area contributed by atoms with Crippen LogP contribution in [0.2, 0.25) is 0 Å². The van der Waals surface area contributed by atoms with Gasteiger partial charge in [-0.1, -0.05) is 6.08 Å². The number of hydrogen-bond acceptors (Lipinski definition) is 3. The molecule has 3 heteroatoms. The Balaban J connectivity index is 2.31. The molecule has 0 saturated heterocycles. The summed E-state index contributed by atoms with van der Waals surface area (Å²) >= 11 is 0. The van der Waals surface area contributed by atoms with Crippen LogP contribution in [-0.2, 0) is 4.74 Å². The van der Waals surface area contributed by atoms with Crippen LogP contribution >= 0.6 is 0 Å². The van der Waals surface area contributed by atoms with Gasteiger partial charge in [-0.3, -0.25) is 0 Å². The number of amidine groups is 1. The second-order valence-corrected chi connectivity index (χ2v) is 2.35. The number of ether oxygens (including phenoxy) is 1. The number of nitrogens with zero attached hydrogens (tertiary/aromatic N) is 2. The molecule has 0 fully saturated rings. The van der Waals surface area contributed by atoms with Crippen LogP contribution in [0.15, 0.2) is 22.3 Å². The highest BCUT2D eigenvalue weighted by Crippen LogP contribution is 2.15. The highest BCUT2D eigenvalue weighted by Gasteiger charge is 2.24. The molecule has 2 rings (SSSR count). The van der Waals surface area contributed by atoms with Crippen molar-refractivity contribution >= 4 is 11.7 Å². The van der Waals surface area contributed by atoms with Crippen molar-refractivity contribution in [2.24, 2.45) is 9.98 Å². The highest BCUT2D eigenvalue weighted by atomic mass is 16.5. The van der Waals surface area contributed by atoms with E-state index in [1.54, 1.807) is 6.20 Å². The lowest BCUT2D eigenvalue weighted by atomic mass is 10.2. The van der Waals surface area contributed by atoms with E-state index in [1.807, 2.05) is 13.0 Å². The van der Waals surface area contributed by atoms with E-state index < -0.39 is 0 Å². The molecular weight excluding hydrogens is 128 g/mol. The molecule has 0 spiro atoms. The second kappa shape index (κ2) is 1.94. The molecule has 0 radical (unpaired) electrons. The summed E-state index contributed by atoms with van der Waals surface area (Å²) < 4.78 is 5.33. The molecule has 10 heavy (non-hydrogen) atoms. The smallest absolute Gasteiger partial charge is 0.187 e. The fourth-order valence-corrected chi connectivity index (χ4v) is 1.10. The van der Waals surface area contributed by atoms with Crippen molar-refractivity contribution in [2.45, 2.75) is 19.4 Å². The summed E-state index contributed by atoms with van der Waals surface area (Å²) in [7, 11) is 0. The molecule has 0 aromatic rings. The van der Waals surface area contributed by atoms with Gasteiger partial charge in [-0.25, -0.2) is 4.99 Å². The van der Waals surface area contributed by atoms with Crippen molar-refractivity contribution in [1.29, 1.82) is 0 Å². The molecule has 0 N–H and O–H groups in total. The lowest BCUT2D eigenvalue weighted by molar-refractivity contribution is 0.268. The van der Waals surface area contributed by atoms with E-state index in [0.717, 1.165) is 18.2 Å². The van der Waals surface area contributed by atoms with Gasteiger partial charge in [0, 0.05) is 19.5 Å². The van der Waals surface area contributed by atoms with Crippen LogP contribution < -0.4 is 0 Å². The first kappa shape index (κ1) is 5.65. The number of rotatable bonds is 0. The van der Waals surface area contributed by atoms with E-state index in [-0.39, 0.29) is 6.10 Å². The van der Waals surface area contributed by atoms with Crippen LogP contribution in [0.4, 0.5) is 0 Å². The van der Waals surface area contributed by atoms with Crippen molar-refractivity contribution in [2.75, 3.05) is 0 Å². The normalized spacial score (nSPS) is 28.7. The van der Waals surface area contributed by atoms with Gasteiger partial charge in [0.05, 0.1) is 0 Å². The van der Waals surface area contributed by atoms with E-state index in [0.29, 0.717) is 0 Å². The van der Waals surface area contributed by atoms with E-state index >= 15 is 0 Å². The van der Waals surface area contributed by atoms with Crippen LogP contribution in [0, 0.1) is 0 Å². The maximum atomic E-state index is 5.33. The zero-order valence-corrected chi connectivity index (χ0v) is 5.74. The molecule has 1 unspecified atom stereocenters. The van der Waals surface area contributed by atoms with E-state index in [1.165, 1.54) is 0 Å². The van der Waals surface area contributed by atoms with Gasteiger partial charge in [-0.2, -0.15) is 4.99 Å². The Morgan fingerprint density at radius 1 is 1.70 bits per heavy atom. The Morgan fingerprint density at radius 3 is 3.40 bits per heavy atom. The van der Waals surface area contributed by atoms with E-state index in [9.17, 15) is 0 Å². The number of hydrogen-bond donors (Lipinski definition) is 0. The van der Waals surface area contributed by atoms with Gasteiger partial charge in [-0.05, 0) is 0 Å².